The summed E-state index contributed by atoms with van der Waals surface area (Å²) in [6.07, 6.45) is 1.67. The third kappa shape index (κ3) is 2.53. The topological polar surface area (TPSA) is 65.1 Å². The summed E-state index contributed by atoms with van der Waals surface area (Å²) in [6, 6.07) is 4.63. The highest BCUT2D eigenvalue weighted by molar-refractivity contribution is 5.68. The highest BCUT2D eigenvalue weighted by atomic mass is 19.1. The van der Waals surface area contributed by atoms with Crippen LogP contribution < -0.4 is 15.8 Å². The molecular weight excluding hydrogens is 235 g/mol. The molecule has 1 aromatic carbocycles. The van der Waals surface area contributed by atoms with Crippen LogP contribution in [0.25, 0.3) is 0 Å². The summed E-state index contributed by atoms with van der Waals surface area (Å²) >= 11 is 0. The van der Waals surface area contributed by atoms with E-state index in [9.17, 15) is 4.39 Å². The van der Waals surface area contributed by atoms with Crippen LogP contribution in [0.3, 0.4) is 0 Å². The van der Waals surface area contributed by atoms with Crippen LogP contribution in [0.1, 0.15) is 6.92 Å². The zero-order valence-electron chi connectivity index (χ0n) is 10.3. The number of halogens is 1. The van der Waals surface area contributed by atoms with Gasteiger partial charge in [0, 0.05) is 25.0 Å². The maximum Gasteiger partial charge on any atom is 0.175 e. The monoisotopic (exact) mass is 250 g/mol. The molecule has 96 valence electrons. The molecule has 0 aliphatic rings. The number of nitrogens with two attached hydrogens (primary N) is 1. The highest BCUT2D eigenvalue weighted by Crippen LogP contribution is 2.25. The lowest BCUT2D eigenvalue weighted by molar-refractivity contribution is 0.321. The molecule has 0 unspecified atom stereocenters. The number of hydrogen-bond acceptors (Lipinski definition) is 4. The number of aryl methyl sites for hydroxylation is 1. The third-order valence-corrected chi connectivity index (χ3v) is 2.35. The van der Waals surface area contributed by atoms with Crippen LogP contribution in [0.15, 0.2) is 24.4 Å². The van der Waals surface area contributed by atoms with Gasteiger partial charge >= 0.3 is 0 Å². The van der Waals surface area contributed by atoms with Gasteiger partial charge in [-0.2, -0.15) is 5.10 Å². The molecule has 3 N–H and O–H groups in total. The van der Waals surface area contributed by atoms with E-state index >= 15 is 0 Å². The van der Waals surface area contributed by atoms with Crippen molar-refractivity contribution >= 4 is 17.2 Å². The molecule has 1 heterocycles. The number of nitrogens with one attached hydrogen (secondary N) is 1. The number of aromatic nitrogens is 2. The fourth-order valence-electron chi connectivity index (χ4n) is 1.59. The van der Waals surface area contributed by atoms with E-state index < -0.39 is 5.82 Å². The number of ether oxygens (including phenoxy) is 1. The molecule has 0 saturated carbocycles. The van der Waals surface area contributed by atoms with E-state index in [1.165, 1.54) is 6.07 Å². The Labute approximate surface area is 104 Å². The van der Waals surface area contributed by atoms with E-state index in [4.69, 9.17) is 10.5 Å². The quantitative estimate of drug-likeness (QED) is 0.873. The standard InChI is InChI=1S/C12H15FN4O/c1-3-18-11-5-4-8(6-9(11)13)15-12-10(14)7-17(2)16-12/h4-7H,3,14H2,1-2H3,(H,15,16). The maximum atomic E-state index is 13.6. The van der Waals surface area contributed by atoms with Gasteiger partial charge in [0.1, 0.15) is 0 Å². The molecule has 1 aromatic heterocycles. The smallest absolute Gasteiger partial charge is 0.175 e. The summed E-state index contributed by atoms with van der Waals surface area (Å²) in [6.45, 7) is 2.23. The van der Waals surface area contributed by atoms with Crippen molar-refractivity contribution < 1.29 is 9.13 Å². The number of benzene rings is 1. The van der Waals surface area contributed by atoms with Gasteiger partial charge in [0.25, 0.3) is 0 Å². The average Bonchev–Trinajstić information content (AvgIpc) is 2.61. The zero-order chi connectivity index (χ0) is 13.1. The zero-order valence-corrected chi connectivity index (χ0v) is 10.3. The Balaban J connectivity index is 2.20. The Bertz CT molecular complexity index is 553. The third-order valence-electron chi connectivity index (χ3n) is 2.35. The van der Waals surface area contributed by atoms with E-state index in [1.807, 2.05) is 0 Å². The molecule has 0 bridgehead atoms. The lowest BCUT2D eigenvalue weighted by Crippen LogP contribution is -1.98. The van der Waals surface area contributed by atoms with Crippen molar-refractivity contribution in [1.29, 1.82) is 0 Å². The maximum absolute atomic E-state index is 13.6. The first-order valence-corrected chi connectivity index (χ1v) is 5.58. The minimum atomic E-state index is -0.420. The van der Waals surface area contributed by atoms with Gasteiger partial charge < -0.3 is 15.8 Å². The lowest BCUT2D eigenvalue weighted by atomic mass is 10.3. The van der Waals surface area contributed by atoms with Crippen molar-refractivity contribution in [3.63, 3.8) is 0 Å². The van der Waals surface area contributed by atoms with Crippen LogP contribution >= 0.6 is 0 Å². The highest BCUT2D eigenvalue weighted by Gasteiger charge is 2.07. The first kappa shape index (κ1) is 12.2. The van der Waals surface area contributed by atoms with Gasteiger partial charge in [-0.3, -0.25) is 4.68 Å². The van der Waals surface area contributed by atoms with Gasteiger partial charge in [-0.25, -0.2) is 4.39 Å². The molecule has 0 spiro atoms. The first-order chi connectivity index (χ1) is 8.60. The number of hydrogen-bond donors (Lipinski definition) is 2. The number of rotatable bonds is 4. The summed E-state index contributed by atoms with van der Waals surface area (Å²) in [4.78, 5) is 0. The molecule has 0 aliphatic heterocycles. The van der Waals surface area contributed by atoms with Crippen LogP contribution in [-0.2, 0) is 7.05 Å². The second kappa shape index (κ2) is 4.95. The number of anilines is 3. The second-order valence-electron chi connectivity index (χ2n) is 3.81. The Morgan fingerprint density at radius 3 is 2.83 bits per heavy atom. The van der Waals surface area contributed by atoms with Gasteiger partial charge in [-0.15, -0.1) is 0 Å². The van der Waals surface area contributed by atoms with Crippen LogP contribution in [-0.4, -0.2) is 16.4 Å². The van der Waals surface area contributed by atoms with Crippen molar-refractivity contribution in [2.45, 2.75) is 6.92 Å². The average molecular weight is 250 g/mol. The summed E-state index contributed by atoms with van der Waals surface area (Å²) < 4.78 is 20.3. The Morgan fingerprint density at radius 2 is 2.28 bits per heavy atom. The van der Waals surface area contributed by atoms with Crippen LogP contribution in [0, 0.1) is 5.82 Å². The Hall–Kier alpha value is -2.24. The molecule has 0 fully saturated rings. The molecule has 18 heavy (non-hydrogen) atoms. The summed E-state index contributed by atoms with van der Waals surface area (Å²) in [5.41, 5.74) is 6.82. The Morgan fingerprint density at radius 1 is 1.50 bits per heavy atom. The van der Waals surface area contributed by atoms with Gasteiger partial charge in [0.05, 0.1) is 12.3 Å². The fraction of sp³-hybridized carbons (Fsp3) is 0.250. The van der Waals surface area contributed by atoms with Gasteiger partial charge in [0.15, 0.2) is 17.4 Å². The molecular formula is C12H15FN4O. The second-order valence-corrected chi connectivity index (χ2v) is 3.81. The van der Waals surface area contributed by atoms with Gasteiger partial charge in [-0.05, 0) is 19.1 Å². The molecule has 2 aromatic rings. The van der Waals surface area contributed by atoms with Crippen LogP contribution in [0.5, 0.6) is 5.75 Å². The molecule has 0 atom stereocenters. The molecule has 0 amide bonds. The molecule has 5 nitrogen and oxygen atoms in total. The fourth-order valence-corrected chi connectivity index (χ4v) is 1.59. The van der Waals surface area contributed by atoms with Crippen molar-refractivity contribution in [1.82, 2.24) is 9.78 Å². The van der Waals surface area contributed by atoms with Crippen molar-refractivity contribution in [3.8, 4) is 5.75 Å². The van der Waals surface area contributed by atoms with E-state index in [-0.39, 0.29) is 5.75 Å². The van der Waals surface area contributed by atoms with Gasteiger partial charge in [-0.1, -0.05) is 0 Å². The van der Waals surface area contributed by atoms with Crippen LogP contribution in [0.2, 0.25) is 0 Å². The molecule has 0 radical (unpaired) electrons. The Kier molecular flexibility index (Phi) is 3.36. The van der Waals surface area contributed by atoms with E-state index in [0.717, 1.165) is 0 Å². The minimum Gasteiger partial charge on any atom is -0.491 e. The first-order valence-electron chi connectivity index (χ1n) is 5.58. The predicted octanol–water partition coefficient (Wildman–Crippen LogP) is 2.28. The van der Waals surface area contributed by atoms with Crippen LogP contribution in [0.4, 0.5) is 21.6 Å². The van der Waals surface area contributed by atoms with Gasteiger partial charge in [0.2, 0.25) is 0 Å². The number of nitrogens with zero attached hydrogens (tertiary/aromatic N) is 2. The van der Waals surface area contributed by atoms with E-state index in [2.05, 4.69) is 10.4 Å². The SMILES string of the molecule is CCOc1ccc(Nc2nn(C)cc2N)cc1F. The number of nitrogen functional groups attached to an aromatic ring is 1. The molecule has 6 heteroatoms. The lowest BCUT2D eigenvalue weighted by Gasteiger charge is -2.08. The van der Waals surface area contributed by atoms with Crippen molar-refractivity contribution in [2.75, 3.05) is 17.7 Å². The predicted molar refractivity (Wildman–Crippen MR) is 68.5 cm³/mol. The van der Waals surface area contributed by atoms with Crippen molar-refractivity contribution in [2.24, 2.45) is 7.05 Å². The van der Waals surface area contributed by atoms with E-state index in [1.54, 1.807) is 37.0 Å². The largest absolute Gasteiger partial charge is 0.491 e. The van der Waals surface area contributed by atoms with E-state index in [0.29, 0.717) is 23.8 Å². The molecule has 0 saturated heterocycles. The normalized spacial score (nSPS) is 10.4. The van der Waals surface area contributed by atoms with Crippen molar-refractivity contribution in [3.05, 3.63) is 30.2 Å². The summed E-state index contributed by atoms with van der Waals surface area (Å²) in [5.74, 6) is 0.314. The minimum absolute atomic E-state index is 0.233. The summed E-state index contributed by atoms with van der Waals surface area (Å²) in [7, 11) is 1.76. The summed E-state index contributed by atoms with van der Waals surface area (Å²) in [5, 5.41) is 7.07. The molecule has 0 aliphatic carbocycles. The molecule has 2 rings (SSSR count).